The van der Waals surface area contributed by atoms with Gasteiger partial charge >= 0.3 is 0 Å². The zero-order valence-electron chi connectivity index (χ0n) is 12.8. The van der Waals surface area contributed by atoms with Gasteiger partial charge in [-0.1, -0.05) is 20.8 Å². The molecule has 1 atom stereocenters. The van der Waals surface area contributed by atoms with Gasteiger partial charge in [0.2, 0.25) is 0 Å². The molecule has 1 saturated heterocycles. The molecule has 1 aromatic rings. The van der Waals surface area contributed by atoms with Crippen LogP contribution < -0.4 is 5.32 Å². The van der Waals surface area contributed by atoms with E-state index in [0.29, 0.717) is 12.0 Å². The van der Waals surface area contributed by atoms with E-state index >= 15 is 0 Å². The molecule has 0 aromatic carbocycles. The van der Waals surface area contributed by atoms with Gasteiger partial charge in [-0.3, -0.25) is 4.79 Å². The van der Waals surface area contributed by atoms with E-state index in [-0.39, 0.29) is 5.91 Å². The third kappa shape index (κ3) is 3.83. The van der Waals surface area contributed by atoms with Crippen molar-refractivity contribution >= 4 is 17.2 Å². The number of amides is 1. The summed E-state index contributed by atoms with van der Waals surface area (Å²) in [4.78, 5) is 15.6. The Hall–Kier alpha value is -0.870. The maximum atomic E-state index is 12.6. The van der Waals surface area contributed by atoms with E-state index in [2.05, 4.69) is 37.1 Å². The second-order valence-electron chi connectivity index (χ2n) is 5.95. The Morgan fingerprint density at radius 3 is 3.05 bits per heavy atom. The third-order valence-corrected chi connectivity index (χ3v) is 4.89. The molecule has 4 heteroatoms. The molecule has 0 bridgehead atoms. The number of aryl methyl sites for hydroxylation is 1. The summed E-state index contributed by atoms with van der Waals surface area (Å²) in [5.41, 5.74) is 1.20. The predicted molar refractivity (Wildman–Crippen MR) is 85.5 cm³/mol. The van der Waals surface area contributed by atoms with Gasteiger partial charge < -0.3 is 10.2 Å². The van der Waals surface area contributed by atoms with Gasteiger partial charge in [0.1, 0.15) is 0 Å². The lowest BCUT2D eigenvalue weighted by molar-refractivity contribution is 0.0676. The van der Waals surface area contributed by atoms with Crippen LogP contribution in [0.4, 0.5) is 0 Å². The zero-order valence-corrected chi connectivity index (χ0v) is 13.6. The molecular formula is C16H26N2OS. The third-order valence-electron chi connectivity index (χ3n) is 3.94. The molecule has 1 N–H and O–H groups in total. The number of hydrogen-bond acceptors (Lipinski definition) is 3. The Balaban J connectivity index is 1.96. The van der Waals surface area contributed by atoms with Gasteiger partial charge in [-0.25, -0.2) is 0 Å². The number of hydrogen-bond donors (Lipinski definition) is 1. The summed E-state index contributed by atoms with van der Waals surface area (Å²) < 4.78 is 0. The maximum absolute atomic E-state index is 12.6. The molecule has 3 nitrogen and oxygen atoms in total. The summed E-state index contributed by atoms with van der Waals surface area (Å²) in [6.07, 6.45) is 3.30. The molecular weight excluding hydrogens is 268 g/mol. The van der Waals surface area contributed by atoms with Crippen LogP contribution in [0.2, 0.25) is 0 Å². The van der Waals surface area contributed by atoms with Crippen molar-refractivity contribution in [3.05, 3.63) is 21.9 Å². The van der Waals surface area contributed by atoms with Gasteiger partial charge in [0.15, 0.2) is 0 Å². The first kappa shape index (κ1) is 15.5. The van der Waals surface area contributed by atoms with Crippen molar-refractivity contribution in [2.45, 2.75) is 46.1 Å². The average Bonchev–Trinajstić information content (AvgIpc) is 2.93. The van der Waals surface area contributed by atoms with Crippen molar-refractivity contribution < 1.29 is 4.79 Å². The number of nitrogens with one attached hydrogen (secondary N) is 1. The van der Waals surface area contributed by atoms with Crippen LogP contribution in [-0.2, 0) is 6.42 Å². The monoisotopic (exact) mass is 294 g/mol. The van der Waals surface area contributed by atoms with Crippen LogP contribution in [0.5, 0.6) is 0 Å². The minimum Gasteiger partial charge on any atom is -0.338 e. The smallest absolute Gasteiger partial charge is 0.264 e. The lowest BCUT2D eigenvalue weighted by atomic mass is 9.97. The quantitative estimate of drug-likeness (QED) is 0.904. The van der Waals surface area contributed by atoms with E-state index in [9.17, 15) is 4.79 Å². The van der Waals surface area contributed by atoms with Crippen LogP contribution >= 0.6 is 11.3 Å². The Kier molecular flexibility index (Phi) is 5.61. The summed E-state index contributed by atoms with van der Waals surface area (Å²) >= 11 is 1.59. The van der Waals surface area contributed by atoms with Crippen molar-refractivity contribution in [3.8, 4) is 0 Å². The molecule has 1 aromatic heterocycles. The molecule has 1 unspecified atom stereocenters. The average molecular weight is 294 g/mol. The van der Waals surface area contributed by atoms with Gasteiger partial charge in [-0.15, -0.1) is 11.3 Å². The van der Waals surface area contributed by atoms with E-state index in [1.165, 1.54) is 12.0 Å². The number of carbonyl (C=O) groups excluding carboxylic acids is 1. The predicted octanol–water partition coefficient (Wildman–Crippen LogP) is 3.16. The highest BCUT2D eigenvalue weighted by Gasteiger charge is 2.26. The summed E-state index contributed by atoms with van der Waals surface area (Å²) in [7, 11) is 0. The van der Waals surface area contributed by atoms with Crippen LogP contribution in [0.1, 0.15) is 48.8 Å². The van der Waals surface area contributed by atoms with E-state index in [0.717, 1.165) is 37.4 Å². The van der Waals surface area contributed by atoms with Crippen LogP contribution in [-0.4, -0.2) is 36.5 Å². The number of nitrogens with zero attached hydrogens (tertiary/aromatic N) is 1. The molecule has 112 valence electrons. The first-order valence-electron chi connectivity index (χ1n) is 7.70. The van der Waals surface area contributed by atoms with Crippen molar-refractivity contribution in [1.82, 2.24) is 10.2 Å². The molecule has 0 spiro atoms. The second-order valence-corrected chi connectivity index (χ2v) is 6.87. The van der Waals surface area contributed by atoms with Crippen molar-refractivity contribution in [1.29, 1.82) is 0 Å². The molecule has 1 aliphatic heterocycles. The molecule has 0 aliphatic carbocycles. The van der Waals surface area contributed by atoms with E-state index in [1.807, 2.05) is 5.38 Å². The highest BCUT2D eigenvalue weighted by molar-refractivity contribution is 7.12. The Labute approximate surface area is 126 Å². The lowest BCUT2D eigenvalue weighted by Gasteiger charge is -2.33. The minimum atomic E-state index is 0.242. The maximum Gasteiger partial charge on any atom is 0.264 e. The van der Waals surface area contributed by atoms with E-state index in [1.54, 1.807) is 11.3 Å². The molecule has 0 radical (unpaired) electrons. The highest BCUT2D eigenvalue weighted by Crippen LogP contribution is 2.23. The topological polar surface area (TPSA) is 32.3 Å². The largest absolute Gasteiger partial charge is 0.338 e. The summed E-state index contributed by atoms with van der Waals surface area (Å²) in [6, 6.07) is 2.60. The van der Waals surface area contributed by atoms with Gasteiger partial charge in [0, 0.05) is 19.1 Å². The number of piperidine rings is 1. The zero-order chi connectivity index (χ0) is 14.5. The molecule has 2 rings (SSSR count). The lowest BCUT2D eigenvalue weighted by Crippen LogP contribution is -2.43. The van der Waals surface area contributed by atoms with Crippen molar-refractivity contribution in [2.75, 3.05) is 19.6 Å². The molecule has 1 fully saturated rings. The number of likely N-dealkylation sites (tertiary alicyclic amines) is 1. The van der Waals surface area contributed by atoms with E-state index < -0.39 is 0 Å². The summed E-state index contributed by atoms with van der Waals surface area (Å²) in [5.74, 6) is 0.839. The minimum absolute atomic E-state index is 0.242. The van der Waals surface area contributed by atoms with Gasteiger partial charge in [-0.2, -0.15) is 0 Å². The Bertz CT molecular complexity index is 441. The standard InChI is InChI=1S/C16H26N2OS/c1-4-14-7-9-20-15(14)16(19)18-8-5-6-13(11-18)10-17-12(2)3/h7,9,12-13,17H,4-6,8,10-11H2,1-3H3. The number of carbonyl (C=O) groups is 1. The molecule has 20 heavy (non-hydrogen) atoms. The normalized spacial score (nSPS) is 19.6. The van der Waals surface area contributed by atoms with Crippen molar-refractivity contribution in [2.24, 2.45) is 5.92 Å². The van der Waals surface area contributed by atoms with Gasteiger partial charge in [0.25, 0.3) is 5.91 Å². The molecule has 1 amide bonds. The Morgan fingerprint density at radius 2 is 2.35 bits per heavy atom. The number of rotatable bonds is 5. The molecule has 2 heterocycles. The molecule has 1 aliphatic rings. The molecule has 0 saturated carbocycles. The van der Waals surface area contributed by atoms with Gasteiger partial charge in [-0.05, 0) is 48.7 Å². The summed E-state index contributed by atoms with van der Waals surface area (Å²) in [6.45, 7) is 9.30. The first-order chi connectivity index (χ1) is 9.61. The van der Waals surface area contributed by atoms with Crippen LogP contribution in [0.25, 0.3) is 0 Å². The van der Waals surface area contributed by atoms with Crippen LogP contribution in [0, 0.1) is 5.92 Å². The second kappa shape index (κ2) is 7.23. The fourth-order valence-corrected chi connectivity index (χ4v) is 3.73. The van der Waals surface area contributed by atoms with Crippen molar-refractivity contribution in [3.63, 3.8) is 0 Å². The van der Waals surface area contributed by atoms with Crippen LogP contribution in [0.15, 0.2) is 11.4 Å². The fourth-order valence-electron chi connectivity index (χ4n) is 2.76. The van der Waals surface area contributed by atoms with Gasteiger partial charge in [0.05, 0.1) is 4.88 Å². The first-order valence-corrected chi connectivity index (χ1v) is 8.58. The Morgan fingerprint density at radius 1 is 1.55 bits per heavy atom. The highest BCUT2D eigenvalue weighted by atomic mass is 32.1. The van der Waals surface area contributed by atoms with Crippen LogP contribution in [0.3, 0.4) is 0 Å². The van der Waals surface area contributed by atoms with E-state index in [4.69, 9.17) is 0 Å². The summed E-state index contributed by atoms with van der Waals surface area (Å²) in [5, 5.41) is 5.53. The SMILES string of the molecule is CCc1ccsc1C(=O)N1CCCC(CNC(C)C)C1. The fraction of sp³-hybridized carbons (Fsp3) is 0.688. The number of thiophene rings is 1.